The Kier molecular flexibility index (Phi) is 4.12. The molecule has 0 fully saturated rings. The van der Waals surface area contributed by atoms with Gasteiger partial charge < -0.3 is 16.2 Å². The molecule has 2 aromatic rings. The van der Waals surface area contributed by atoms with Crippen molar-refractivity contribution in [3.05, 3.63) is 65.2 Å². The van der Waals surface area contributed by atoms with Crippen molar-refractivity contribution in [1.82, 2.24) is 0 Å². The molecule has 0 bridgehead atoms. The van der Waals surface area contributed by atoms with Gasteiger partial charge in [-0.15, -0.1) is 0 Å². The Labute approximate surface area is 116 Å². The van der Waals surface area contributed by atoms with Crippen LogP contribution in [0.4, 0.5) is 5.69 Å². The van der Waals surface area contributed by atoms with Crippen LogP contribution in [0, 0.1) is 0 Å². The fourth-order valence-electron chi connectivity index (χ4n) is 1.77. The molecule has 0 aromatic heterocycles. The largest absolute Gasteiger partial charge is 0.478 e. The summed E-state index contributed by atoms with van der Waals surface area (Å²) in [6.07, 6.45) is 0. The van der Waals surface area contributed by atoms with E-state index < -0.39 is 5.97 Å². The van der Waals surface area contributed by atoms with Gasteiger partial charge in [0.05, 0.1) is 11.3 Å². The lowest BCUT2D eigenvalue weighted by Gasteiger charge is -2.08. The van der Waals surface area contributed by atoms with Gasteiger partial charge in [0.15, 0.2) is 0 Å². The molecule has 1 amide bonds. The molecule has 20 heavy (non-hydrogen) atoms. The normalized spacial score (nSPS) is 10.1. The lowest BCUT2D eigenvalue weighted by molar-refractivity contribution is 0.0698. The molecule has 0 atom stereocenters. The Bertz CT molecular complexity index is 636. The smallest absolute Gasteiger partial charge is 0.337 e. The number of benzene rings is 2. The van der Waals surface area contributed by atoms with E-state index in [9.17, 15) is 9.59 Å². The molecule has 4 N–H and O–H groups in total. The predicted octanol–water partition coefficient (Wildman–Crippen LogP) is 2.10. The summed E-state index contributed by atoms with van der Waals surface area (Å²) in [5, 5.41) is 11.6. The Morgan fingerprint density at radius 1 is 1.05 bits per heavy atom. The SMILES string of the molecule is NCc1ccc(C(=O)Nc2ccccc2C(=O)O)cc1. The third kappa shape index (κ3) is 3.02. The molecule has 0 aliphatic heterocycles. The van der Waals surface area contributed by atoms with Gasteiger partial charge in [-0.2, -0.15) is 0 Å². The van der Waals surface area contributed by atoms with E-state index in [1.807, 2.05) is 0 Å². The summed E-state index contributed by atoms with van der Waals surface area (Å²) in [4.78, 5) is 23.1. The van der Waals surface area contributed by atoms with Crippen molar-refractivity contribution in [1.29, 1.82) is 0 Å². The van der Waals surface area contributed by atoms with Crippen molar-refractivity contribution in [3.63, 3.8) is 0 Å². The first kappa shape index (κ1) is 13.8. The maximum atomic E-state index is 12.1. The average molecular weight is 270 g/mol. The first-order valence-electron chi connectivity index (χ1n) is 6.04. The number of amides is 1. The van der Waals surface area contributed by atoms with Gasteiger partial charge in [-0.25, -0.2) is 4.79 Å². The predicted molar refractivity (Wildman–Crippen MR) is 75.7 cm³/mol. The molecule has 0 heterocycles. The summed E-state index contributed by atoms with van der Waals surface area (Å²) in [7, 11) is 0. The summed E-state index contributed by atoms with van der Waals surface area (Å²) >= 11 is 0. The Morgan fingerprint density at radius 2 is 1.70 bits per heavy atom. The Balaban J connectivity index is 2.21. The fraction of sp³-hybridized carbons (Fsp3) is 0.0667. The highest BCUT2D eigenvalue weighted by Crippen LogP contribution is 2.16. The van der Waals surface area contributed by atoms with Crippen LogP contribution in [-0.2, 0) is 6.54 Å². The van der Waals surface area contributed by atoms with Crippen LogP contribution in [0.3, 0.4) is 0 Å². The molecule has 2 rings (SSSR count). The van der Waals surface area contributed by atoms with Crippen molar-refractivity contribution in [2.24, 2.45) is 5.73 Å². The first-order valence-corrected chi connectivity index (χ1v) is 6.04. The molecule has 0 saturated heterocycles. The number of carbonyl (C=O) groups excluding carboxylic acids is 1. The summed E-state index contributed by atoms with van der Waals surface area (Å²) < 4.78 is 0. The van der Waals surface area contributed by atoms with Crippen LogP contribution in [0.5, 0.6) is 0 Å². The van der Waals surface area contributed by atoms with Crippen molar-refractivity contribution < 1.29 is 14.7 Å². The van der Waals surface area contributed by atoms with Gasteiger partial charge in [0.2, 0.25) is 0 Å². The van der Waals surface area contributed by atoms with E-state index in [0.29, 0.717) is 12.1 Å². The van der Waals surface area contributed by atoms with Crippen LogP contribution in [0.25, 0.3) is 0 Å². The van der Waals surface area contributed by atoms with Gasteiger partial charge in [-0.05, 0) is 29.8 Å². The lowest BCUT2D eigenvalue weighted by Crippen LogP contribution is -2.14. The lowest BCUT2D eigenvalue weighted by atomic mass is 10.1. The maximum Gasteiger partial charge on any atom is 0.337 e. The topological polar surface area (TPSA) is 92.4 Å². The molecular weight excluding hydrogens is 256 g/mol. The zero-order chi connectivity index (χ0) is 14.5. The summed E-state index contributed by atoms with van der Waals surface area (Å²) in [6, 6.07) is 13.1. The summed E-state index contributed by atoms with van der Waals surface area (Å²) in [6.45, 7) is 0.406. The molecule has 5 nitrogen and oxygen atoms in total. The minimum absolute atomic E-state index is 0.0550. The van der Waals surface area contributed by atoms with Gasteiger partial charge in [0.1, 0.15) is 0 Å². The molecule has 0 saturated carbocycles. The van der Waals surface area contributed by atoms with Crippen molar-refractivity contribution in [3.8, 4) is 0 Å². The van der Waals surface area contributed by atoms with Crippen LogP contribution < -0.4 is 11.1 Å². The van der Waals surface area contributed by atoms with Crippen LogP contribution in [0.1, 0.15) is 26.3 Å². The second kappa shape index (κ2) is 5.99. The maximum absolute atomic E-state index is 12.1. The fourth-order valence-corrected chi connectivity index (χ4v) is 1.77. The van der Waals surface area contributed by atoms with E-state index in [1.165, 1.54) is 6.07 Å². The van der Waals surface area contributed by atoms with Gasteiger partial charge in [0, 0.05) is 12.1 Å². The van der Waals surface area contributed by atoms with Crippen molar-refractivity contribution in [2.75, 3.05) is 5.32 Å². The Hall–Kier alpha value is -2.66. The second-order valence-corrected chi connectivity index (χ2v) is 4.21. The third-order valence-electron chi connectivity index (χ3n) is 2.86. The zero-order valence-corrected chi connectivity index (χ0v) is 10.7. The number of rotatable bonds is 4. The van der Waals surface area contributed by atoms with E-state index in [2.05, 4.69) is 5.32 Å². The van der Waals surface area contributed by atoms with E-state index >= 15 is 0 Å². The minimum atomic E-state index is -1.08. The average Bonchev–Trinajstić information content (AvgIpc) is 2.47. The molecule has 0 radical (unpaired) electrons. The summed E-state index contributed by atoms with van der Waals surface area (Å²) in [5.41, 5.74) is 7.18. The Morgan fingerprint density at radius 3 is 2.30 bits per heavy atom. The summed E-state index contributed by atoms with van der Waals surface area (Å²) in [5.74, 6) is -1.44. The number of hydrogen-bond donors (Lipinski definition) is 3. The highest BCUT2D eigenvalue weighted by Gasteiger charge is 2.12. The van der Waals surface area contributed by atoms with Gasteiger partial charge in [-0.1, -0.05) is 24.3 Å². The number of carboxylic acids is 1. The molecule has 5 heteroatoms. The quantitative estimate of drug-likeness (QED) is 0.793. The highest BCUT2D eigenvalue weighted by molar-refractivity contribution is 6.07. The van der Waals surface area contributed by atoms with E-state index in [4.69, 9.17) is 10.8 Å². The number of para-hydroxylation sites is 1. The minimum Gasteiger partial charge on any atom is -0.478 e. The van der Waals surface area contributed by atoms with E-state index in [0.717, 1.165) is 5.56 Å². The zero-order valence-electron chi connectivity index (χ0n) is 10.7. The monoisotopic (exact) mass is 270 g/mol. The molecule has 2 aromatic carbocycles. The van der Waals surface area contributed by atoms with Gasteiger partial charge in [0.25, 0.3) is 5.91 Å². The second-order valence-electron chi connectivity index (χ2n) is 4.21. The van der Waals surface area contributed by atoms with Crippen LogP contribution >= 0.6 is 0 Å². The molecule has 102 valence electrons. The molecule has 0 aliphatic carbocycles. The van der Waals surface area contributed by atoms with E-state index in [-0.39, 0.29) is 17.2 Å². The number of aromatic carboxylic acids is 1. The standard InChI is InChI=1S/C15H14N2O3/c16-9-10-5-7-11(8-6-10)14(18)17-13-4-2-1-3-12(13)15(19)20/h1-8H,9,16H2,(H,17,18)(H,19,20). The molecule has 0 spiro atoms. The van der Waals surface area contributed by atoms with E-state index in [1.54, 1.807) is 42.5 Å². The van der Waals surface area contributed by atoms with Crippen molar-refractivity contribution in [2.45, 2.75) is 6.54 Å². The number of carboxylic acid groups (broad SMARTS) is 1. The van der Waals surface area contributed by atoms with Crippen LogP contribution in [-0.4, -0.2) is 17.0 Å². The van der Waals surface area contributed by atoms with Crippen LogP contribution in [0.15, 0.2) is 48.5 Å². The third-order valence-corrected chi connectivity index (χ3v) is 2.86. The molecule has 0 aliphatic rings. The number of carbonyl (C=O) groups is 2. The van der Waals surface area contributed by atoms with Gasteiger partial charge in [-0.3, -0.25) is 4.79 Å². The van der Waals surface area contributed by atoms with Crippen molar-refractivity contribution >= 4 is 17.6 Å². The number of nitrogens with two attached hydrogens (primary N) is 1. The van der Waals surface area contributed by atoms with Crippen LogP contribution in [0.2, 0.25) is 0 Å². The molecule has 0 unspecified atom stereocenters. The molecular formula is C15H14N2O3. The first-order chi connectivity index (χ1) is 9.61. The number of anilines is 1. The number of nitrogens with one attached hydrogen (secondary N) is 1. The highest BCUT2D eigenvalue weighted by atomic mass is 16.4. The number of hydrogen-bond acceptors (Lipinski definition) is 3. The van der Waals surface area contributed by atoms with Gasteiger partial charge >= 0.3 is 5.97 Å².